The number of nitrogens with zero attached hydrogens (tertiary/aromatic N) is 2. The summed E-state index contributed by atoms with van der Waals surface area (Å²) in [5, 5.41) is 13.8. The average molecular weight is 379 g/mol. The molecule has 0 spiro atoms. The van der Waals surface area contributed by atoms with Crippen LogP contribution in [0.15, 0.2) is 71.9 Å². The van der Waals surface area contributed by atoms with Gasteiger partial charge in [-0.05, 0) is 48.9 Å². The zero-order valence-electron chi connectivity index (χ0n) is 14.6. The summed E-state index contributed by atoms with van der Waals surface area (Å²) in [5.41, 5.74) is 2.35. The molecular weight excluding hydrogens is 362 g/mol. The zero-order valence-corrected chi connectivity index (χ0v) is 15.4. The van der Waals surface area contributed by atoms with Gasteiger partial charge in [0.15, 0.2) is 0 Å². The number of pyridine rings is 1. The highest BCUT2D eigenvalue weighted by molar-refractivity contribution is 7.98. The van der Waals surface area contributed by atoms with E-state index in [2.05, 4.69) is 10.3 Å². The van der Waals surface area contributed by atoms with Crippen LogP contribution in [0.4, 0.5) is 11.4 Å². The lowest BCUT2D eigenvalue weighted by atomic mass is 10.1. The van der Waals surface area contributed by atoms with E-state index in [0.717, 1.165) is 16.2 Å². The molecule has 1 heterocycles. The van der Waals surface area contributed by atoms with E-state index in [0.29, 0.717) is 16.8 Å². The maximum atomic E-state index is 12.5. The molecule has 0 aliphatic heterocycles. The lowest BCUT2D eigenvalue weighted by Gasteiger charge is -2.09. The summed E-state index contributed by atoms with van der Waals surface area (Å²) in [6.45, 7) is 1.57. The zero-order chi connectivity index (χ0) is 19.2. The van der Waals surface area contributed by atoms with E-state index in [1.165, 1.54) is 12.1 Å². The number of aromatic nitrogens is 1. The van der Waals surface area contributed by atoms with Gasteiger partial charge in [0.2, 0.25) is 0 Å². The Labute approximate surface area is 160 Å². The quantitative estimate of drug-likeness (QED) is 0.376. The Bertz CT molecular complexity index is 960. The number of benzene rings is 2. The molecule has 7 heteroatoms. The van der Waals surface area contributed by atoms with Gasteiger partial charge in [0.1, 0.15) is 0 Å². The van der Waals surface area contributed by atoms with Crippen LogP contribution in [0.2, 0.25) is 0 Å². The van der Waals surface area contributed by atoms with Gasteiger partial charge in [-0.25, -0.2) is 0 Å². The van der Waals surface area contributed by atoms with Crippen molar-refractivity contribution in [2.24, 2.45) is 0 Å². The van der Waals surface area contributed by atoms with Gasteiger partial charge in [0.05, 0.1) is 4.92 Å². The van der Waals surface area contributed by atoms with Crippen molar-refractivity contribution in [3.8, 4) is 0 Å². The van der Waals surface area contributed by atoms with Crippen LogP contribution in [0.25, 0.3) is 0 Å². The Morgan fingerprint density at radius 3 is 2.59 bits per heavy atom. The molecule has 6 nitrogen and oxygen atoms in total. The van der Waals surface area contributed by atoms with Crippen LogP contribution in [-0.4, -0.2) is 15.8 Å². The van der Waals surface area contributed by atoms with Crippen molar-refractivity contribution in [1.29, 1.82) is 0 Å². The standard InChI is InChI=1S/C20H17N3O3S/c1-14-18(5-2-6-19(14)23(25)26)20(24)22-16-7-9-17(10-8-16)27-13-15-4-3-11-21-12-15/h2-12H,13H2,1H3,(H,22,24). The smallest absolute Gasteiger partial charge is 0.273 e. The molecule has 0 radical (unpaired) electrons. The number of rotatable bonds is 6. The van der Waals surface area contributed by atoms with E-state index in [9.17, 15) is 14.9 Å². The lowest BCUT2D eigenvalue weighted by molar-refractivity contribution is -0.385. The molecule has 3 aromatic rings. The number of carbonyl (C=O) groups excluding carboxylic acids is 1. The first kappa shape index (κ1) is 18.6. The van der Waals surface area contributed by atoms with Gasteiger partial charge in [-0.3, -0.25) is 19.9 Å². The number of nitrogens with one attached hydrogen (secondary N) is 1. The van der Waals surface area contributed by atoms with E-state index in [-0.39, 0.29) is 11.6 Å². The van der Waals surface area contributed by atoms with Gasteiger partial charge in [-0.15, -0.1) is 11.8 Å². The van der Waals surface area contributed by atoms with Crippen molar-refractivity contribution >= 4 is 29.0 Å². The van der Waals surface area contributed by atoms with Crippen molar-refractivity contribution in [1.82, 2.24) is 4.98 Å². The third-order valence-electron chi connectivity index (χ3n) is 3.99. The molecule has 0 saturated carbocycles. The fourth-order valence-electron chi connectivity index (χ4n) is 2.55. The maximum Gasteiger partial charge on any atom is 0.273 e. The fraction of sp³-hybridized carbons (Fsp3) is 0.100. The molecule has 0 atom stereocenters. The van der Waals surface area contributed by atoms with E-state index in [1.54, 1.807) is 30.9 Å². The molecule has 2 aromatic carbocycles. The minimum Gasteiger partial charge on any atom is -0.322 e. The van der Waals surface area contributed by atoms with Crippen LogP contribution in [-0.2, 0) is 5.75 Å². The minimum atomic E-state index is -0.486. The molecular formula is C20H17N3O3S. The number of hydrogen-bond acceptors (Lipinski definition) is 5. The molecule has 1 aromatic heterocycles. The third kappa shape index (κ3) is 4.71. The first-order valence-electron chi connectivity index (χ1n) is 8.22. The topological polar surface area (TPSA) is 85.1 Å². The SMILES string of the molecule is Cc1c(C(=O)Nc2ccc(SCc3cccnc3)cc2)cccc1[N+](=O)[O-]. The summed E-state index contributed by atoms with van der Waals surface area (Å²) in [7, 11) is 0. The molecule has 0 unspecified atom stereocenters. The van der Waals surface area contributed by atoms with Crippen molar-refractivity contribution in [3.05, 3.63) is 93.8 Å². The predicted octanol–water partition coefficient (Wildman–Crippen LogP) is 4.84. The van der Waals surface area contributed by atoms with Crippen molar-refractivity contribution in [2.75, 3.05) is 5.32 Å². The molecule has 27 heavy (non-hydrogen) atoms. The molecule has 1 amide bonds. The van der Waals surface area contributed by atoms with Crippen molar-refractivity contribution in [2.45, 2.75) is 17.6 Å². The summed E-state index contributed by atoms with van der Waals surface area (Å²) in [4.78, 5) is 28.2. The molecule has 0 bridgehead atoms. The van der Waals surface area contributed by atoms with Crippen LogP contribution >= 0.6 is 11.8 Å². The number of nitro benzene ring substituents is 1. The van der Waals surface area contributed by atoms with E-state index >= 15 is 0 Å². The number of thioether (sulfide) groups is 1. The van der Waals surface area contributed by atoms with Crippen LogP contribution in [0.3, 0.4) is 0 Å². The second-order valence-electron chi connectivity index (χ2n) is 5.84. The fourth-order valence-corrected chi connectivity index (χ4v) is 3.38. The highest BCUT2D eigenvalue weighted by Gasteiger charge is 2.17. The van der Waals surface area contributed by atoms with Crippen LogP contribution in [0.5, 0.6) is 0 Å². The number of amides is 1. The Morgan fingerprint density at radius 1 is 1.15 bits per heavy atom. The van der Waals surface area contributed by atoms with Crippen molar-refractivity contribution < 1.29 is 9.72 Å². The monoisotopic (exact) mass is 379 g/mol. The lowest BCUT2D eigenvalue weighted by Crippen LogP contribution is -2.14. The van der Waals surface area contributed by atoms with Crippen molar-refractivity contribution in [3.63, 3.8) is 0 Å². The number of nitro groups is 1. The first-order chi connectivity index (χ1) is 13.0. The highest BCUT2D eigenvalue weighted by atomic mass is 32.2. The summed E-state index contributed by atoms with van der Waals surface area (Å²) in [6.07, 6.45) is 3.58. The summed E-state index contributed by atoms with van der Waals surface area (Å²) >= 11 is 1.68. The van der Waals surface area contributed by atoms with E-state index in [1.807, 2.05) is 42.6 Å². The summed E-state index contributed by atoms with van der Waals surface area (Å²) < 4.78 is 0. The molecule has 0 fully saturated rings. The second kappa shape index (κ2) is 8.46. The third-order valence-corrected chi connectivity index (χ3v) is 5.07. The van der Waals surface area contributed by atoms with E-state index < -0.39 is 4.92 Å². The largest absolute Gasteiger partial charge is 0.322 e. The second-order valence-corrected chi connectivity index (χ2v) is 6.88. The van der Waals surface area contributed by atoms with Gasteiger partial charge in [-0.1, -0.05) is 12.1 Å². The molecule has 136 valence electrons. The first-order valence-corrected chi connectivity index (χ1v) is 9.20. The van der Waals surface area contributed by atoms with Gasteiger partial charge < -0.3 is 5.32 Å². The number of anilines is 1. The summed E-state index contributed by atoms with van der Waals surface area (Å²) in [6, 6.07) is 15.9. The van der Waals surface area contributed by atoms with Gasteiger partial charge >= 0.3 is 0 Å². The van der Waals surface area contributed by atoms with Crippen LogP contribution in [0.1, 0.15) is 21.5 Å². The Balaban J connectivity index is 1.65. The van der Waals surface area contributed by atoms with Gasteiger partial charge in [-0.2, -0.15) is 0 Å². The number of hydrogen-bond donors (Lipinski definition) is 1. The Morgan fingerprint density at radius 2 is 1.93 bits per heavy atom. The molecule has 0 aliphatic carbocycles. The summed E-state index contributed by atoms with van der Waals surface area (Å²) in [5.74, 6) is 0.443. The molecule has 1 N–H and O–H groups in total. The molecule has 3 rings (SSSR count). The number of carbonyl (C=O) groups is 1. The predicted molar refractivity (Wildman–Crippen MR) is 106 cm³/mol. The van der Waals surface area contributed by atoms with Crippen LogP contribution in [0, 0.1) is 17.0 Å². The molecule has 0 saturated heterocycles. The highest BCUT2D eigenvalue weighted by Crippen LogP contribution is 2.25. The van der Waals surface area contributed by atoms with Gasteiger partial charge in [0.25, 0.3) is 11.6 Å². The normalized spacial score (nSPS) is 10.4. The van der Waals surface area contributed by atoms with Gasteiger partial charge in [0, 0.05) is 45.9 Å². The van der Waals surface area contributed by atoms with E-state index in [4.69, 9.17) is 0 Å². The Kier molecular flexibility index (Phi) is 5.83. The maximum absolute atomic E-state index is 12.5. The van der Waals surface area contributed by atoms with Crippen LogP contribution < -0.4 is 5.32 Å². The minimum absolute atomic E-state index is 0.0650. The molecule has 0 aliphatic rings. The Hall–Kier alpha value is -3.19. The average Bonchev–Trinajstić information content (AvgIpc) is 2.68.